The average molecular weight is 493 g/mol. The van der Waals surface area contributed by atoms with E-state index in [0.717, 1.165) is 74.8 Å². The number of aromatic nitrogens is 3. The minimum Gasteiger partial charge on any atom is -0.368 e. The van der Waals surface area contributed by atoms with Crippen molar-refractivity contribution in [3.8, 4) is 11.1 Å². The zero-order chi connectivity index (χ0) is 25.2. The highest BCUT2D eigenvalue weighted by Crippen LogP contribution is 2.36. The Labute approximate surface area is 217 Å². The van der Waals surface area contributed by atoms with Gasteiger partial charge in [0.15, 0.2) is 0 Å². The molecule has 7 heteroatoms. The van der Waals surface area contributed by atoms with Gasteiger partial charge in [0.2, 0.25) is 0 Å². The van der Waals surface area contributed by atoms with Crippen molar-refractivity contribution in [1.29, 1.82) is 0 Å². The summed E-state index contributed by atoms with van der Waals surface area (Å²) in [5, 5.41) is 4.69. The van der Waals surface area contributed by atoms with E-state index in [1.807, 2.05) is 30.3 Å². The highest BCUT2D eigenvalue weighted by Gasteiger charge is 2.23. The van der Waals surface area contributed by atoms with E-state index in [1.165, 1.54) is 28.3 Å². The third-order valence-electron chi connectivity index (χ3n) is 7.75. The quantitative estimate of drug-likeness (QED) is 0.414. The van der Waals surface area contributed by atoms with Crippen LogP contribution >= 0.6 is 0 Å². The predicted octanol–water partition coefficient (Wildman–Crippen LogP) is 4.50. The Hall–Kier alpha value is -3.93. The van der Waals surface area contributed by atoms with Gasteiger partial charge in [-0.25, -0.2) is 9.78 Å². The zero-order valence-electron chi connectivity index (χ0n) is 21.2. The number of pyridine rings is 2. The molecule has 0 unspecified atom stereocenters. The lowest BCUT2D eigenvalue weighted by Gasteiger charge is -2.37. The van der Waals surface area contributed by atoms with Crippen molar-refractivity contribution in [1.82, 2.24) is 19.9 Å². The van der Waals surface area contributed by atoms with E-state index < -0.39 is 0 Å². The van der Waals surface area contributed by atoms with Crippen LogP contribution in [0.2, 0.25) is 0 Å². The van der Waals surface area contributed by atoms with Gasteiger partial charge in [0.25, 0.3) is 0 Å². The number of piperazine rings is 1. The molecule has 0 amide bonds. The second kappa shape index (κ2) is 10.2. The van der Waals surface area contributed by atoms with Crippen LogP contribution in [0.4, 0.5) is 11.5 Å². The minimum atomic E-state index is 0.450. The monoisotopic (exact) mass is 492 g/mol. The number of piperidine rings is 1. The Bertz CT molecular complexity index is 1440. The number of hydrogen-bond donors (Lipinski definition) is 1. The zero-order valence-corrected chi connectivity index (χ0v) is 21.2. The summed E-state index contributed by atoms with van der Waals surface area (Å²) >= 11 is 0. The molecule has 5 heterocycles. The number of nitrogens with one attached hydrogen (secondary N) is 1. The van der Waals surface area contributed by atoms with Gasteiger partial charge in [0.05, 0.1) is 0 Å². The predicted molar refractivity (Wildman–Crippen MR) is 150 cm³/mol. The van der Waals surface area contributed by atoms with Crippen LogP contribution in [0.3, 0.4) is 0 Å². The summed E-state index contributed by atoms with van der Waals surface area (Å²) in [5.41, 5.74) is 6.58. The fourth-order valence-corrected chi connectivity index (χ4v) is 5.68. The van der Waals surface area contributed by atoms with Crippen molar-refractivity contribution in [3.05, 3.63) is 72.2 Å². The molecule has 0 radical (unpaired) electrons. The first-order chi connectivity index (χ1) is 18.2. The maximum atomic E-state index is 10.6. The van der Waals surface area contributed by atoms with Crippen LogP contribution in [-0.4, -0.2) is 59.7 Å². The van der Waals surface area contributed by atoms with E-state index in [4.69, 9.17) is 4.98 Å². The third kappa shape index (κ3) is 4.64. The van der Waals surface area contributed by atoms with Crippen molar-refractivity contribution in [2.45, 2.75) is 25.8 Å². The molecule has 0 spiro atoms. The Balaban J connectivity index is 1.29. The molecule has 37 heavy (non-hydrogen) atoms. The molecule has 0 aliphatic carbocycles. The molecule has 188 valence electrons. The Morgan fingerprint density at radius 3 is 2.43 bits per heavy atom. The average Bonchev–Trinajstić information content (AvgIpc) is 3.33. The number of anilines is 2. The van der Waals surface area contributed by atoms with Crippen LogP contribution in [0, 0.1) is 6.92 Å². The van der Waals surface area contributed by atoms with Crippen LogP contribution in [0.15, 0.2) is 60.9 Å². The molecular formula is C30H32N6O. The smallest absolute Gasteiger partial charge is 0.143 e. The summed E-state index contributed by atoms with van der Waals surface area (Å²) in [6.07, 6.45) is 7.85. The van der Waals surface area contributed by atoms with E-state index in [1.54, 1.807) is 0 Å². The molecule has 7 nitrogen and oxygen atoms in total. The summed E-state index contributed by atoms with van der Waals surface area (Å²) in [4.78, 5) is 25.2. The lowest BCUT2D eigenvalue weighted by atomic mass is 10.0. The number of aryl methyl sites for hydroxylation is 1. The molecule has 0 atom stereocenters. The summed E-state index contributed by atoms with van der Waals surface area (Å²) in [6.45, 7) is 7.85. The molecule has 2 fully saturated rings. The number of carbonyl (C=O) groups excluding carboxylic acids is 1. The van der Waals surface area contributed by atoms with Crippen molar-refractivity contribution in [2.24, 2.45) is 0 Å². The Morgan fingerprint density at radius 1 is 0.946 bits per heavy atom. The van der Waals surface area contributed by atoms with Crippen LogP contribution < -0.4 is 15.1 Å². The van der Waals surface area contributed by atoms with Gasteiger partial charge in [-0.2, -0.15) is 0 Å². The summed E-state index contributed by atoms with van der Waals surface area (Å²) in [5.74, 6) is 2.89. The van der Waals surface area contributed by atoms with Gasteiger partial charge < -0.3 is 19.7 Å². The van der Waals surface area contributed by atoms with E-state index in [-0.39, 0.29) is 0 Å². The summed E-state index contributed by atoms with van der Waals surface area (Å²) < 4.78 is 2.42. The normalized spacial score (nSPS) is 16.7. The molecule has 0 saturated carbocycles. The van der Waals surface area contributed by atoms with Gasteiger partial charge in [-0.3, -0.25) is 4.98 Å². The van der Waals surface area contributed by atoms with E-state index in [0.29, 0.717) is 6.04 Å². The molecule has 2 saturated heterocycles. The first-order valence-corrected chi connectivity index (χ1v) is 13.2. The molecule has 1 aromatic carbocycles. The fourth-order valence-electron chi connectivity index (χ4n) is 5.68. The fraction of sp³-hybridized carbons (Fsp3) is 0.333. The molecule has 2 aliphatic heterocycles. The molecule has 2 aliphatic rings. The molecule has 4 aromatic rings. The molecule has 0 bridgehead atoms. The summed E-state index contributed by atoms with van der Waals surface area (Å²) in [6, 6.07) is 17.2. The van der Waals surface area contributed by atoms with Gasteiger partial charge in [-0.1, -0.05) is 18.2 Å². The first-order valence-electron chi connectivity index (χ1n) is 13.2. The van der Waals surface area contributed by atoms with E-state index in [2.05, 4.69) is 68.1 Å². The Morgan fingerprint density at radius 2 is 1.70 bits per heavy atom. The number of nitrogens with zero attached hydrogens (tertiary/aromatic N) is 5. The second-order valence-electron chi connectivity index (χ2n) is 9.94. The van der Waals surface area contributed by atoms with E-state index >= 15 is 0 Å². The van der Waals surface area contributed by atoms with Crippen LogP contribution in [0.5, 0.6) is 0 Å². The van der Waals surface area contributed by atoms with Gasteiger partial charge in [0, 0.05) is 78.6 Å². The van der Waals surface area contributed by atoms with Crippen molar-refractivity contribution in [3.63, 3.8) is 0 Å². The van der Waals surface area contributed by atoms with E-state index in [9.17, 15) is 4.79 Å². The van der Waals surface area contributed by atoms with Gasteiger partial charge in [-0.05, 0) is 68.8 Å². The first kappa shape index (κ1) is 23.5. The van der Waals surface area contributed by atoms with Crippen LogP contribution in [0.1, 0.15) is 30.1 Å². The molecule has 1 N–H and O–H groups in total. The van der Waals surface area contributed by atoms with Gasteiger partial charge in [0.1, 0.15) is 17.4 Å². The number of fused-ring (bicyclic) bond motifs is 1. The standard InChI is InChI=1S/C30H32N6O/c1-22-26(3-2-13-32-22)28-21-36(25-10-14-31-15-11-25)30-27(28)8-9-29(33-30)35-18-16-34(17-19-35)24-6-4-23(5-7-24)12-20-37/h2-9,12-13,21,25,31H,10-11,14-19H2,1H3. The number of hydrogen-bond acceptors (Lipinski definition) is 6. The summed E-state index contributed by atoms with van der Waals surface area (Å²) in [7, 11) is 0. The van der Waals surface area contributed by atoms with Crippen molar-refractivity contribution >= 4 is 34.6 Å². The third-order valence-corrected chi connectivity index (χ3v) is 7.75. The largest absolute Gasteiger partial charge is 0.368 e. The minimum absolute atomic E-state index is 0.450. The Kier molecular flexibility index (Phi) is 6.47. The van der Waals surface area contributed by atoms with Crippen LogP contribution in [-0.2, 0) is 4.79 Å². The van der Waals surface area contributed by atoms with Gasteiger partial charge in [-0.15, -0.1) is 0 Å². The van der Waals surface area contributed by atoms with Crippen LogP contribution in [0.25, 0.3) is 28.2 Å². The topological polar surface area (TPSA) is 66.3 Å². The lowest BCUT2D eigenvalue weighted by molar-refractivity contribution is 0.375. The molecule has 3 aromatic heterocycles. The highest BCUT2D eigenvalue weighted by molar-refractivity contribution is 5.95. The number of rotatable bonds is 5. The van der Waals surface area contributed by atoms with Crippen molar-refractivity contribution in [2.75, 3.05) is 49.1 Å². The lowest BCUT2D eigenvalue weighted by Crippen LogP contribution is -2.46. The maximum absolute atomic E-state index is 10.6. The molecule has 6 rings (SSSR count). The SMILES string of the molecule is Cc1ncccc1-c1cn(C2CCNCC2)c2nc(N3CCN(c4ccc(C=C=O)cc4)CC3)ccc12. The highest BCUT2D eigenvalue weighted by atomic mass is 16.1. The maximum Gasteiger partial charge on any atom is 0.143 e. The number of benzene rings is 1. The van der Waals surface area contributed by atoms with Gasteiger partial charge >= 0.3 is 0 Å². The van der Waals surface area contributed by atoms with Crippen molar-refractivity contribution < 1.29 is 4.79 Å². The second-order valence-corrected chi connectivity index (χ2v) is 9.94. The molecular weight excluding hydrogens is 460 g/mol.